The van der Waals surface area contributed by atoms with Crippen LogP contribution >= 0.6 is 0 Å². The lowest BCUT2D eigenvalue weighted by molar-refractivity contribution is 0.184. The van der Waals surface area contributed by atoms with E-state index in [1.54, 1.807) is 6.20 Å². The van der Waals surface area contributed by atoms with Crippen LogP contribution in [0.1, 0.15) is 24.5 Å². The lowest BCUT2D eigenvalue weighted by Gasteiger charge is -2.42. The number of nitrogens with one attached hydrogen (secondary N) is 1. The highest BCUT2D eigenvalue weighted by Gasteiger charge is 2.28. The molecule has 0 spiro atoms. The van der Waals surface area contributed by atoms with Crippen molar-refractivity contribution in [1.82, 2.24) is 15.2 Å². The van der Waals surface area contributed by atoms with Crippen molar-refractivity contribution in [3.63, 3.8) is 0 Å². The maximum absolute atomic E-state index is 9.51. The summed E-state index contributed by atoms with van der Waals surface area (Å²) in [7, 11) is 2.25. The molecule has 0 amide bonds. The Morgan fingerprint density at radius 2 is 1.85 bits per heavy atom. The SMILES string of the molecule is C[C@H]1C[C@@H](N(C)Cc2ccc(N3CCNCC3)cc2)CN(c2ccc(C#N)c3ncccc23)C1. The first-order chi connectivity index (χ1) is 16.6. The van der Waals surface area contributed by atoms with Crippen LogP contribution in [-0.2, 0) is 6.54 Å². The van der Waals surface area contributed by atoms with Gasteiger partial charge in [-0.15, -0.1) is 0 Å². The highest BCUT2D eigenvalue weighted by molar-refractivity contribution is 5.95. The summed E-state index contributed by atoms with van der Waals surface area (Å²) in [6.07, 6.45) is 2.97. The van der Waals surface area contributed by atoms with Crippen molar-refractivity contribution in [1.29, 1.82) is 5.26 Å². The second-order valence-corrected chi connectivity index (χ2v) is 9.86. The maximum Gasteiger partial charge on any atom is 0.101 e. The topological polar surface area (TPSA) is 58.4 Å². The molecule has 0 aliphatic carbocycles. The van der Waals surface area contributed by atoms with E-state index in [9.17, 15) is 5.26 Å². The molecule has 1 N–H and O–H groups in total. The predicted octanol–water partition coefficient (Wildman–Crippen LogP) is 3.86. The first-order valence-electron chi connectivity index (χ1n) is 12.4. The minimum absolute atomic E-state index is 0.471. The largest absolute Gasteiger partial charge is 0.369 e. The molecule has 2 aliphatic heterocycles. The summed E-state index contributed by atoms with van der Waals surface area (Å²) in [5.41, 5.74) is 5.32. The van der Waals surface area contributed by atoms with Gasteiger partial charge in [-0.3, -0.25) is 9.88 Å². The van der Waals surface area contributed by atoms with Gasteiger partial charge in [-0.05, 0) is 61.3 Å². The standard InChI is InChI=1S/C28H34N6/c1-21-16-25(32(2)19-22-5-8-24(9-6-22)33-14-12-30-13-15-33)20-34(18-21)27-10-7-23(17-29)28-26(27)4-3-11-31-28/h3-11,21,25,30H,12-16,18-20H2,1-2H3/t21-,25+/m0/s1. The number of hydrogen-bond donors (Lipinski definition) is 1. The zero-order valence-electron chi connectivity index (χ0n) is 20.2. The second-order valence-electron chi connectivity index (χ2n) is 9.86. The number of nitriles is 1. The van der Waals surface area contributed by atoms with E-state index in [4.69, 9.17) is 0 Å². The fourth-order valence-electron chi connectivity index (χ4n) is 5.51. The first kappa shape index (κ1) is 22.6. The number of benzene rings is 2. The molecule has 2 saturated heterocycles. The van der Waals surface area contributed by atoms with Gasteiger partial charge in [0.2, 0.25) is 0 Å². The number of fused-ring (bicyclic) bond motifs is 1. The molecule has 0 radical (unpaired) electrons. The summed E-state index contributed by atoms with van der Waals surface area (Å²) in [5, 5.41) is 14.0. The van der Waals surface area contributed by atoms with Crippen LogP contribution in [0.3, 0.4) is 0 Å². The van der Waals surface area contributed by atoms with E-state index in [2.05, 4.69) is 81.4 Å². The Morgan fingerprint density at radius 1 is 1.06 bits per heavy atom. The molecule has 3 heterocycles. The third-order valence-corrected chi connectivity index (χ3v) is 7.32. The van der Waals surface area contributed by atoms with Crippen molar-refractivity contribution in [2.75, 3.05) is 56.1 Å². The summed E-state index contributed by atoms with van der Waals surface area (Å²) >= 11 is 0. The molecule has 2 atom stereocenters. The Hall–Kier alpha value is -3.14. The molecule has 0 bridgehead atoms. The summed E-state index contributed by atoms with van der Waals surface area (Å²) < 4.78 is 0. The first-order valence-corrected chi connectivity index (χ1v) is 12.4. The van der Waals surface area contributed by atoms with E-state index in [1.165, 1.54) is 23.4 Å². The van der Waals surface area contributed by atoms with Crippen molar-refractivity contribution in [3.05, 3.63) is 65.9 Å². The van der Waals surface area contributed by atoms with Crippen molar-refractivity contribution < 1.29 is 0 Å². The normalized spacial score (nSPS) is 21.1. The molecule has 6 heteroatoms. The number of rotatable bonds is 5. The molecule has 176 valence electrons. The minimum Gasteiger partial charge on any atom is -0.369 e. The van der Waals surface area contributed by atoms with Crippen molar-refractivity contribution >= 4 is 22.3 Å². The molecule has 2 aromatic carbocycles. The number of aromatic nitrogens is 1. The molecule has 5 rings (SSSR count). The van der Waals surface area contributed by atoms with Crippen LogP contribution in [0.15, 0.2) is 54.7 Å². The Bertz CT molecular complexity index is 1160. The fraction of sp³-hybridized carbons (Fsp3) is 0.429. The second kappa shape index (κ2) is 10.0. The lowest BCUT2D eigenvalue weighted by Crippen LogP contribution is -2.49. The third kappa shape index (κ3) is 4.72. The highest BCUT2D eigenvalue weighted by atomic mass is 15.2. The van der Waals surface area contributed by atoms with E-state index in [1.807, 2.05) is 12.1 Å². The van der Waals surface area contributed by atoms with Crippen molar-refractivity contribution in [2.45, 2.75) is 25.9 Å². The van der Waals surface area contributed by atoms with Crippen molar-refractivity contribution in [2.24, 2.45) is 5.92 Å². The molecule has 2 fully saturated rings. The quantitative estimate of drug-likeness (QED) is 0.632. The average molecular weight is 455 g/mol. The van der Waals surface area contributed by atoms with Crippen molar-refractivity contribution in [3.8, 4) is 6.07 Å². The summed E-state index contributed by atoms with van der Waals surface area (Å²) in [5.74, 6) is 0.596. The molecule has 34 heavy (non-hydrogen) atoms. The predicted molar refractivity (Wildman–Crippen MR) is 139 cm³/mol. The number of anilines is 2. The van der Waals surface area contributed by atoms with E-state index in [0.29, 0.717) is 17.5 Å². The molecular formula is C28H34N6. The maximum atomic E-state index is 9.51. The van der Waals surface area contributed by atoms with E-state index < -0.39 is 0 Å². The van der Waals surface area contributed by atoms with Crippen LogP contribution in [0, 0.1) is 17.2 Å². The van der Waals surface area contributed by atoms with Gasteiger partial charge in [-0.1, -0.05) is 19.1 Å². The highest BCUT2D eigenvalue weighted by Crippen LogP contribution is 2.32. The Balaban J connectivity index is 1.30. The summed E-state index contributed by atoms with van der Waals surface area (Å²) in [6.45, 7) is 9.58. The van der Waals surface area contributed by atoms with Gasteiger partial charge < -0.3 is 15.1 Å². The zero-order chi connectivity index (χ0) is 23.5. The molecule has 0 saturated carbocycles. The van der Waals surface area contributed by atoms with Crippen LogP contribution in [-0.4, -0.2) is 62.2 Å². The van der Waals surface area contributed by atoms with Gasteiger partial charge in [0.05, 0.1) is 11.1 Å². The third-order valence-electron chi connectivity index (χ3n) is 7.32. The van der Waals surface area contributed by atoms with Gasteiger partial charge in [0, 0.05) is 74.8 Å². The smallest absolute Gasteiger partial charge is 0.101 e. The van der Waals surface area contributed by atoms with Gasteiger partial charge in [0.1, 0.15) is 6.07 Å². The van der Waals surface area contributed by atoms with Gasteiger partial charge >= 0.3 is 0 Å². The van der Waals surface area contributed by atoms with Gasteiger partial charge in [0.25, 0.3) is 0 Å². The number of pyridine rings is 1. The zero-order valence-corrected chi connectivity index (χ0v) is 20.2. The van der Waals surface area contributed by atoms with Crippen LogP contribution in [0.25, 0.3) is 10.9 Å². The molecule has 1 aromatic heterocycles. The van der Waals surface area contributed by atoms with Gasteiger partial charge in [-0.2, -0.15) is 5.26 Å². The summed E-state index contributed by atoms with van der Waals surface area (Å²) in [4.78, 5) is 12.0. The van der Waals surface area contributed by atoms with Crippen LogP contribution in [0.2, 0.25) is 0 Å². The van der Waals surface area contributed by atoms with Crippen LogP contribution in [0.4, 0.5) is 11.4 Å². The minimum atomic E-state index is 0.471. The monoisotopic (exact) mass is 454 g/mol. The number of likely N-dealkylation sites (N-methyl/N-ethyl adjacent to an activating group) is 1. The number of piperazine rings is 1. The van der Waals surface area contributed by atoms with E-state index >= 15 is 0 Å². The number of nitrogens with zero attached hydrogens (tertiary/aromatic N) is 5. The lowest BCUT2D eigenvalue weighted by atomic mass is 9.93. The van der Waals surface area contributed by atoms with E-state index in [-0.39, 0.29) is 0 Å². The Kier molecular flexibility index (Phi) is 6.66. The average Bonchev–Trinajstić information content (AvgIpc) is 2.88. The van der Waals surface area contributed by atoms with Gasteiger partial charge in [-0.25, -0.2) is 0 Å². The molecular weight excluding hydrogens is 420 g/mol. The Morgan fingerprint density at radius 3 is 2.62 bits per heavy atom. The van der Waals surface area contributed by atoms with Crippen LogP contribution < -0.4 is 15.1 Å². The number of hydrogen-bond acceptors (Lipinski definition) is 6. The van der Waals surface area contributed by atoms with Gasteiger partial charge in [0.15, 0.2) is 0 Å². The molecule has 3 aromatic rings. The molecule has 2 aliphatic rings. The number of piperidine rings is 1. The molecule has 0 unspecified atom stereocenters. The fourth-order valence-corrected chi connectivity index (χ4v) is 5.51. The summed E-state index contributed by atoms with van der Waals surface area (Å²) in [6, 6.07) is 20.0. The molecule has 6 nitrogen and oxygen atoms in total. The Labute approximate surface area is 202 Å². The van der Waals surface area contributed by atoms with E-state index in [0.717, 1.165) is 56.7 Å². The van der Waals surface area contributed by atoms with Crippen LogP contribution in [0.5, 0.6) is 0 Å².